The summed E-state index contributed by atoms with van der Waals surface area (Å²) in [7, 11) is 0. The van der Waals surface area contributed by atoms with Gasteiger partial charge in [0.1, 0.15) is 56.4 Å². The van der Waals surface area contributed by atoms with Gasteiger partial charge in [0, 0.05) is 41.4 Å². The van der Waals surface area contributed by atoms with Crippen LogP contribution in [0.5, 0.6) is 0 Å². The fourth-order valence-electron chi connectivity index (χ4n) is 26.8. The van der Waals surface area contributed by atoms with E-state index in [1.165, 1.54) is 6.29 Å². The summed E-state index contributed by atoms with van der Waals surface area (Å²) >= 11 is -5.94. The van der Waals surface area contributed by atoms with Gasteiger partial charge in [-0.3, -0.25) is 37.7 Å². The third kappa shape index (κ3) is 13.3. The Kier molecular flexibility index (Phi) is 22.6. The van der Waals surface area contributed by atoms with Gasteiger partial charge in [-0.05, 0) is 259 Å². The van der Waals surface area contributed by atoms with Crippen molar-refractivity contribution in [3.8, 4) is 0 Å². The first-order valence-corrected chi connectivity index (χ1v) is 41.3. The maximum atomic E-state index is 12.4. The molecule has 0 radical (unpaired) electrons. The number of fused-ring (bicyclic) bond motifs is 14. The Labute approximate surface area is 613 Å². The third-order valence-corrected chi connectivity index (χ3v) is 32.9. The van der Waals surface area contributed by atoms with Crippen LogP contribution in [0.25, 0.3) is 0 Å². The number of hydrogen-bond donors (Lipinski definition) is 7. The summed E-state index contributed by atoms with van der Waals surface area (Å²) in [5.41, 5.74) is -1.47. The van der Waals surface area contributed by atoms with Crippen LogP contribution in [0.2, 0.25) is 0 Å². The molecule has 16 aliphatic rings. The van der Waals surface area contributed by atoms with Gasteiger partial charge in [0.25, 0.3) is 0 Å². The Balaban J connectivity index is 0.000000130. The van der Waals surface area contributed by atoms with Gasteiger partial charge in [-0.1, -0.05) is 55.4 Å². The van der Waals surface area contributed by atoms with Crippen LogP contribution in [0.15, 0.2) is 0 Å². The van der Waals surface area contributed by atoms with Crippen LogP contribution < -0.4 is 63.4 Å². The topological polar surface area (TPSA) is 381 Å². The van der Waals surface area contributed by atoms with Crippen molar-refractivity contribution in [3.05, 3.63) is 0 Å². The van der Waals surface area contributed by atoms with E-state index in [1.54, 1.807) is 0 Å². The molecule has 3 heterocycles. The van der Waals surface area contributed by atoms with Crippen molar-refractivity contribution in [3.63, 3.8) is 0 Å². The normalized spacial score (nSPS) is 53.1. The molecule has 16 fully saturated rings. The molecule has 21 nitrogen and oxygen atoms in total. The summed E-state index contributed by atoms with van der Waals surface area (Å²) in [5.74, 6) is 0.549. The SMILES string of the molecule is C[C@]1([C@H]2CC[C@]3(C)C(=O)CC[C@H]3[C@@H]2C(=O)O)CC[C@H]2C[C@@H]1C(=O)O2.C[C@]1([C@H]2CC[C@]3(C)C(=O)CC[C@H]3[C@@H]2C=O)CC[C@H]2C[C@@H]1C(=O)O2.C[C@]1([C@H]2CC[C@]3(C)[C@@H](O)CC[C@H]3[C@@H]2C=O)CC[C@H]2C[C@@H]1C(O)O2.C[C@]12CC[C@H](O)C[C@@H]1[C@@H](O)[C@H](O)[C@@H]1[C@@H]2CC[C@]2(C)[C@@H](O)CC[C@@H]12.[Na+].[O-][I+3]([O-])([O-])[O-]. The van der Waals surface area contributed by atoms with Gasteiger partial charge < -0.3 is 59.5 Å². The molecule has 13 saturated carbocycles. The fourth-order valence-corrected chi connectivity index (χ4v) is 26.8. The van der Waals surface area contributed by atoms with Crippen LogP contribution in [-0.2, 0) is 47.8 Å². The first kappa shape index (κ1) is 78.5. The van der Waals surface area contributed by atoms with E-state index in [-0.39, 0.29) is 187 Å². The number of esters is 2. The monoisotopic (exact) mass is 1510 g/mol. The molecule has 16 rings (SSSR count). The number of ketones is 2. The number of aliphatic carboxylic acids is 1. The molecule has 99 heavy (non-hydrogen) atoms. The summed E-state index contributed by atoms with van der Waals surface area (Å²) in [4.78, 5) is 85.6. The number of carboxylic acids is 1. The van der Waals surface area contributed by atoms with E-state index in [4.69, 9.17) is 28.0 Å². The van der Waals surface area contributed by atoms with Gasteiger partial charge in [-0.25, -0.2) is 0 Å². The van der Waals surface area contributed by atoms with E-state index in [0.29, 0.717) is 55.1 Å². The first-order chi connectivity index (χ1) is 45.9. The van der Waals surface area contributed by atoms with Crippen molar-refractivity contribution in [2.75, 3.05) is 0 Å². The Morgan fingerprint density at radius 2 is 0.838 bits per heavy atom. The molecule has 0 aromatic heterocycles. The average Bonchev–Trinajstić information content (AvgIpc) is 1.56. The van der Waals surface area contributed by atoms with Crippen LogP contribution in [0.1, 0.15) is 235 Å². The Hall–Kier alpha value is -1.62. The van der Waals surface area contributed by atoms with Crippen LogP contribution in [0.4, 0.5) is 0 Å². The van der Waals surface area contributed by atoms with E-state index in [0.717, 1.165) is 160 Å². The second kappa shape index (κ2) is 28.5. The molecule has 3 aliphatic heterocycles. The summed E-state index contributed by atoms with van der Waals surface area (Å²) in [6.45, 7) is 17.2. The average molecular weight is 1510 g/mol. The molecule has 23 heteroatoms. The predicted molar refractivity (Wildman–Crippen MR) is 340 cm³/mol. The molecule has 0 aromatic rings. The number of hydrogen-bond acceptors (Lipinski definition) is 20. The van der Waals surface area contributed by atoms with Crippen molar-refractivity contribution in [2.24, 2.45) is 138 Å². The number of carbonyl (C=O) groups excluding carboxylic acids is 6. The first-order valence-electron chi connectivity index (χ1n) is 37.8. The Morgan fingerprint density at radius 3 is 1.39 bits per heavy atom. The Morgan fingerprint density at radius 1 is 0.434 bits per heavy atom. The molecule has 0 spiro atoms. The van der Waals surface area contributed by atoms with E-state index in [9.17, 15) is 69.3 Å². The van der Waals surface area contributed by atoms with Gasteiger partial charge in [0.05, 0.1) is 54.4 Å². The number of Topliss-reactive ketones (excluding diaryl/α,β-unsaturated/α-hetero) is 2. The minimum Gasteiger partial charge on any atom is -0.481 e. The molecule has 6 bridgehead atoms. The molecule has 552 valence electrons. The molecule has 1 unspecified atom stereocenters. The molecular formula is C76H114INaO21. The summed E-state index contributed by atoms with van der Waals surface area (Å²) in [6.07, 6.45) is 23.5. The second-order valence-electron chi connectivity index (χ2n) is 36.5. The van der Waals surface area contributed by atoms with Crippen molar-refractivity contribution in [1.82, 2.24) is 0 Å². The van der Waals surface area contributed by atoms with Crippen molar-refractivity contribution < 1.29 is 147 Å². The van der Waals surface area contributed by atoms with Crippen molar-refractivity contribution in [1.29, 1.82) is 0 Å². The van der Waals surface area contributed by atoms with Gasteiger partial charge in [0.15, 0.2) is 6.29 Å². The fraction of sp³-hybridized carbons (Fsp3) is 0.908. The zero-order valence-corrected chi connectivity index (χ0v) is 64.3. The second-order valence-corrected chi connectivity index (χ2v) is 38.7. The maximum absolute atomic E-state index is 12.4. The van der Waals surface area contributed by atoms with Crippen LogP contribution in [0, 0.1) is 138 Å². The summed E-state index contributed by atoms with van der Waals surface area (Å²) in [6, 6.07) is 0. The molecule has 3 saturated heterocycles. The molecular weight excluding hydrogens is 1400 g/mol. The number of aliphatic hydroxyl groups excluding tert-OH is 6. The molecule has 7 N–H and O–H groups in total. The number of aliphatic hydroxyl groups is 6. The molecule has 13 aliphatic carbocycles. The van der Waals surface area contributed by atoms with Gasteiger partial charge in [-0.2, -0.15) is 0 Å². The van der Waals surface area contributed by atoms with Crippen molar-refractivity contribution >= 4 is 42.0 Å². The number of carboxylic acid groups (broad SMARTS) is 1. The molecule has 33 atom stereocenters. The quantitative estimate of drug-likeness (QED) is 0.0741. The third-order valence-electron chi connectivity index (χ3n) is 32.9. The minimum absolute atomic E-state index is 0. The smallest absolute Gasteiger partial charge is 0.481 e. The molecule has 0 amide bonds. The number of carbonyl (C=O) groups is 7. The summed E-state index contributed by atoms with van der Waals surface area (Å²) < 4.78 is 51.1. The van der Waals surface area contributed by atoms with Crippen LogP contribution in [-0.4, -0.2) is 133 Å². The van der Waals surface area contributed by atoms with E-state index in [2.05, 4.69) is 48.5 Å². The van der Waals surface area contributed by atoms with Gasteiger partial charge >= 0.3 is 47.5 Å². The van der Waals surface area contributed by atoms with E-state index >= 15 is 0 Å². The predicted octanol–water partition coefficient (Wildman–Crippen LogP) is -0.800. The standard InChI is InChI=1S/C19H26O5.C19H30O4.C19H26O4.C19H32O4.IO4.Na/c1-18(7-5-10-9-13(18)17(23)24-10)12-6-8-19(2)11(3-4-14(19)20)15(12)16(21)22;2*1-18(7-5-11-9-15(18)17(22)23-11)14-6-8-19(2)13(12(14)10-20)3-4-16(19)21;1-18-7-5-10(20)9-13(18)16(22)17(23)15-11-3-4-14(21)19(11,2)8-6-12(15)18;2-1(3,4)5;/h10-13,15H,3-9H2,1-2H3,(H,21,22);10-17,21-22H,3-9H2,1-2H3;10-15H,3-9H2,1-2H3;10-17,20-23H,3-9H2,1-2H3;;/q;;;;-1;+1/t10-,11-,12-,13+,15-,18+,19-;11-,12-,13-,14-,15+,16-,17?,18+,19-;11-,12-,13-,14-,15+,18+,19-;10-,11-,12-,13+,14-,15-,16+,17+,18+,19-;;/m0000../s1. The van der Waals surface area contributed by atoms with E-state index in [1.807, 2.05) is 6.92 Å². The van der Waals surface area contributed by atoms with Crippen LogP contribution >= 0.6 is 0 Å². The summed E-state index contributed by atoms with van der Waals surface area (Å²) in [5, 5.41) is 73.1. The molecule has 0 aromatic carbocycles. The minimum atomic E-state index is -5.94. The number of ether oxygens (including phenoxy) is 3. The Bertz CT molecular complexity index is 3030. The number of aldehydes is 2. The number of halogens is 1. The largest absolute Gasteiger partial charge is 1.00 e. The zero-order valence-electron chi connectivity index (χ0n) is 60.1. The van der Waals surface area contributed by atoms with Gasteiger partial charge in [0.2, 0.25) is 0 Å². The van der Waals surface area contributed by atoms with E-state index < -0.39 is 55.9 Å². The zero-order chi connectivity index (χ0) is 71.2. The van der Waals surface area contributed by atoms with Crippen molar-refractivity contribution in [2.45, 2.75) is 290 Å². The number of rotatable bonds is 6. The van der Waals surface area contributed by atoms with Crippen LogP contribution in [0.3, 0.4) is 0 Å². The maximum Gasteiger partial charge on any atom is 1.00 e. The van der Waals surface area contributed by atoms with Gasteiger partial charge in [-0.15, -0.1) is 0 Å².